The van der Waals surface area contributed by atoms with Gasteiger partial charge in [-0.15, -0.1) is 0 Å². The van der Waals surface area contributed by atoms with Crippen LogP contribution < -0.4 is 4.90 Å². The summed E-state index contributed by atoms with van der Waals surface area (Å²) in [6.07, 6.45) is 3.04. The fourth-order valence-electron chi connectivity index (χ4n) is 2.59. The van der Waals surface area contributed by atoms with Crippen LogP contribution in [0.5, 0.6) is 0 Å². The molecule has 1 aromatic rings. The molecule has 2 rings (SSSR count). The van der Waals surface area contributed by atoms with Crippen molar-refractivity contribution in [2.45, 2.75) is 45.6 Å². The Balaban J connectivity index is 2.37. The SMILES string of the molecule is CC(C)N(CCC(=O)O)c1nc2c(cc1C#N)CCC2. The first-order chi connectivity index (χ1) is 9.52. The molecule has 0 bridgehead atoms. The van der Waals surface area contributed by atoms with Crippen molar-refractivity contribution in [3.63, 3.8) is 0 Å². The maximum atomic E-state index is 10.8. The van der Waals surface area contributed by atoms with Crippen LogP contribution in [0.1, 0.15) is 43.5 Å². The molecule has 1 N–H and O–H groups in total. The molecule has 0 aliphatic heterocycles. The van der Waals surface area contributed by atoms with Gasteiger partial charge in [0.15, 0.2) is 0 Å². The molecular weight excluding hydrogens is 254 g/mol. The third-order valence-electron chi connectivity index (χ3n) is 3.61. The van der Waals surface area contributed by atoms with Gasteiger partial charge in [0.1, 0.15) is 11.9 Å². The minimum absolute atomic E-state index is 0.0435. The van der Waals surface area contributed by atoms with E-state index in [-0.39, 0.29) is 12.5 Å². The summed E-state index contributed by atoms with van der Waals surface area (Å²) in [5.41, 5.74) is 2.76. The van der Waals surface area contributed by atoms with E-state index < -0.39 is 5.97 Å². The number of aliphatic carboxylic acids is 1. The lowest BCUT2D eigenvalue weighted by Gasteiger charge is -2.28. The van der Waals surface area contributed by atoms with Gasteiger partial charge >= 0.3 is 5.97 Å². The van der Waals surface area contributed by atoms with Gasteiger partial charge in [-0.3, -0.25) is 4.79 Å². The molecule has 1 heterocycles. The molecule has 5 heteroatoms. The molecule has 5 nitrogen and oxygen atoms in total. The number of pyridine rings is 1. The quantitative estimate of drug-likeness (QED) is 0.889. The van der Waals surface area contributed by atoms with Gasteiger partial charge < -0.3 is 10.0 Å². The number of rotatable bonds is 5. The normalized spacial score (nSPS) is 13.1. The predicted octanol–water partition coefficient (Wildman–Crippen LogP) is 2.13. The smallest absolute Gasteiger partial charge is 0.305 e. The molecule has 0 aromatic carbocycles. The van der Waals surface area contributed by atoms with Crippen molar-refractivity contribution in [3.8, 4) is 6.07 Å². The molecule has 1 aromatic heterocycles. The summed E-state index contributed by atoms with van der Waals surface area (Å²) in [4.78, 5) is 17.3. The molecule has 0 unspecified atom stereocenters. The van der Waals surface area contributed by atoms with Crippen LogP contribution in [-0.4, -0.2) is 28.6 Å². The van der Waals surface area contributed by atoms with E-state index in [0.29, 0.717) is 17.9 Å². The van der Waals surface area contributed by atoms with Gasteiger partial charge in [0, 0.05) is 18.3 Å². The van der Waals surface area contributed by atoms with E-state index in [9.17, 15) is 10.1 Å². The lowest BCUT2D eigenvalue weighted by molar-refractivity contribution is -0.136. The summed E-state index contributed by atoms with van der Waals surface area (Å²) in [6.45, 7) is 4.34. The van der Waals surface area contributed by atoms with Gasteiger partial charge in [-0.1, -0.05) is 0 Å². The number of carbonyl (C=O) groups is 1. The number of aromatic nitrogens is 1. The van der Waals surface area contributed by atoms with E-state index >= 15 is 0 Å². The lowest BCUT2D eigenvalue weighted by Crippen LogP contribution is -2.34. The Morgan fingerprint density at radius 3 is 2.90 bits per heavy atom. The number of nitriles is 1. The zero-order valence-corrected chi connectivity index (χ0v) is 11.9. The van der Waals surface area contributed by atoms with Crippen LogP contribution in [0, 0.1) is 11.3 Å². The Morgan fingerprint density at radius 1 is 1.55 bits per heavy atom. The monoisotopic (exact) mass is 273 g/mol. The second kappa shape index (κ2) is 5.91. The van der Waals surface area contributed by atoms with Crippen LogP contribution in [0.3, 0.4) is 0 Å². The number of hydrogen-bond acceptors (Lipinski definition) is 4. The molecule has 0 radical (unpaired) electrons. The average molecular weight is 273 g/mol. The van der Waals surface area contributed by atoms with Gasteiger partial charge in [-0.25, -0.2) is 4.98 Å². The van der Waals surface area contributed by atoms with Crippen molar-refractivity contribution < 1.29 is 9.90 Å². The van der Waals surface area contributed by atoms with Crippen molar-refractivity contribution in [2.75, 3.05) is 11.4 Å². The first-order valence-electron chi connectivity index (χ1n) is 6.94. The maximum absolute atomic E-state index is 10.8. The lowest BCUT2D eigenvalue weighted by atomic mass is 10.1. The van der Waals surface area contributed by atoms with E-state index in [1.54, 1.807) is 0 Å². The largest absolute Gasteiger partial charge is 0.481 e. The maximum Gasteiger partial charge on any atom is 0.305 e. The fraction of sp³-hybridized carbons (Fsp3) is 0.533. The van der Waals surface area contributed by atoms with Crippen LogP contribution in [0.15, 0.2) is 6.07 Å². The topological polar surface area (TPSA) is 77.2 Å². The molecule has 0 saturated heterocycles. The zero-order chi connectivity index (χ0) is 14.7. The fourth-order valence-corrected chi connectivity index (χ4v) is 2.59. The molecule has 0 fully saturated rings. The van der Waals surface area contributed by atoms with Gasteiger partial charge in [0.05, 0.1) is 12.0 Å². The summed E-state index contributed by atoms with van der Waals surface area (Å²) >= 11 is 0. The molecule has 0 atom stereocenters. The number of aryl methyl sites for hydroxylation is 2. The number of carboxylic acid groups (broad SMARTS) is 1. The highest BCUT2D eigenvalue weighted by Gasteiger charge is 2.22. The van der Waals surface area contributed by atoms with Crippen LogP contribution in [-0.2, 0) is 17.6 Å². The minimum Gasteiger partial charge on any atom is -0.481 e. The molecule has 106 valence electrons. The highest BCUT2D eigenvalue weighted by molar-refractivity contribution is 5.68. The highest BCUT2D eigenvalue weighted by Crippen LogP contribution is 2.28. The standard InChI is InChI=1S/C15H19N3O2/c1-10(2)18(7-6-14(19)20)15-12(9-16)8-11-4-3-5-13(11)17-15/h8,10H,3-7H2,1-2H3,(H,19,20). The summed E-state index contributed by atoms with van der Waals surface area (Å²) in [7, 11) is 0. The van der Waals surface area contributed by atoms with Crippen LogP contribution in [0.2, 0.25) is 0 Å². The minimum atomic E-state index is -0.838. The van der Waals surface area contributed by atoms with Gasteiger partial charge in [0.2, 0.25) is 0 Å². The number of carboxylic acids is 1. The number of hydrogen-bond donors (Lipinski definition) is 1. The van der Waals surface area contributed by atoms with E-state index in [0.717, 1.165) is 30.5 Å². The Morgan fingerprint density at radius 2 is 2.30 bits per heavy atom. The van der Waals surface area contributed by atoms with Crippen LogP contribution in [0.25, 0.3) is 0 Å². The highest BCUT2D eigenvalue weighted by atomic mass is 16.4. The first kappa shape index (κ1) is 14.3. The number of anilines is 1. The summed E-state index contributed by atoms with van der Waals surface area (Å²) in [5.74, 6) is -0.209. The Labute approximate surface area is 118 Å². The second-order valence-electron chi connectivity index (χ2n) is 5.36. The van der Waals surface area contributed by atoms with Crippen molar-refractivity contribution in [3.05, 3.63) is 22.9 Å². The first-order valence-corrected chi connectivity index (χ1v) is 6.94. The average Bonchev–Trinajstić information content (AvgIpc) is 2.84. The molecule has 1 aliphatic carbocycles. The second-order valence-corrected chi connectivity index (χ2v) is 5.36. The zero-order valence-electron chi connectivity index (χ0n) is 11.9. The van der Waals surface area contributed by atoms with Gasteiger partial charge in [-0.2, -0.15) is 5.26 Å². The molecule has 20 heavy (non-hydrogen) atoms. The number of fused-ring (bicyclic) bond motifs is 1. The Bertz CT molecular complexity index is 561. The molecule has 1 aliphatic rings. The van der Waals surface area contributed by atoms with Crippen molar-refractivity contribution >= 4 is 11.8 Å². The van der Waals surface area contributed by atoms with E-state index in [1.165, 1.54) is 0 Å². The summed E-state index contributed by atoms with van der Waals surface area (Å²) in [5, 5.41) is 18.2. The van der Waals surface area contributed by atoms with Crippen molar-refractivity contribution in [2.24, 2.45) is 0 Å². The summed E-state index contributed by atoms with van der Waals surface area (Å²) in [6, 6.07) is 4.22. The Kier molecular flexibility index (Phi) is 4.23. The van der Waals surface area contributed by atoms with Crippen molar-refractivity contribution in [1.29, 1.82) is 5.26 Å². The van der Waals surface area contributed by atoms with Gasteiger partial charge in [0.25, 0.3) is 0 Å². The molecule has 0 amide bonds. The third-order valence-corrected chi connectivity index (χ3v) is 3.61. The Hall–Kier alpha value is -2.09. The molecule has 0 saturated carbocycles. The van der Waals surface area contributed by atoms with E-state index in [2.05, 4.69) is 11.1 Å². The van der Waals surface area contributed by atoms with Crippen LogP contribution >= 0.6 is 0 Å². The summed E-state index contributed by atoms with van der Waals surface area (Å²) < 4.78 is 0. The van der Waals surface area contributed by atoms with Crippen LogP contribution in [0.4, 0.5) is 5.82 Å². The molecular formula is C15H19N3O2. The third kappa shape index (κ3) is 2.90. The van der Waals surface area contributed by atoms with E-state index in [4.69, 9.17) is 5.11 Å². The van der Waals surface area contributed by atoms with Crippen molar-refractivity contribution in [1.82, 2.24) is 4.98 Å². The van der Waals surface area contributed by atoms with Gasteiger partial charge in [-0.05, 0) is 44.7 Å². The predicted molar refractivity (Wildman–Crippen MR) is 75.7 cm³/mol. The number of nitrogens with zero attached hydrogens (tertiary/aromatic N) is 3. The molecule has 0 spiro atoms. The van der Waals surface area contributed by atoms with E-state index in [1.807, 2.05) is 24.8 Å².